The van der Waals surface area contributed by atoms with Crippen molar-refractivity contribution < 1.29 is 34.7 Å². The van der Waals surface area contributed by atoms with Crippen LogP contribution in [0.15, 0.2) is 18.2 Å². The smallest absolute Gasteiger partial charge is 0.335 e. The van der Waals surface area contributed by atoms with Crippen molar-refractivity contribution in [2.75, 3.05) is 13.6 Å². The fraction of sp³-hybridized carbons (Fsp3) is 0.696. The van der Waals surface area contributed by atoms with E-state index in [1.54, 1.807) is 0 Å². The van der Waals surface area contributed by atoms with E-state index in [-0.39, 0.29) is 5.41 Å². The molecular weight excluding hydrogens is 402 g/mol. The Hall–Kier alpha value is -1.71. The fourth-order valence-electron chi connectivity index (χ4n) is 6.53. The fourth-order valence-corrected chi connectivity index (χ4v) is 6.53. The number of aliphatic carboxylic acids is 1. The van der Waals surface area contributed by atoms with Crippen LogP contribution in [0.4, 0.5) is 0 Å². The summed E-state index contributed by atoms with van der Waals surface area (Å²) in [5, 5.41) is 39.5. The zero-order chi connectivity index (χ0) is 21.9. The van der Waals surface area contributed by atoms with Crippen LogP contribution in [0, 0.1) is 5.92 Å². The number of aliphatic hydroxyl groups is 3. The molecule has 2 aliphatic heterocycles. The van der Waals surface area contributed by atoms with E-state index in [9.17, 15) is 25.2 Å². The maximum absolute atomic E-state index is 11.4. The molecule has 31 heavy (non-hydrogen) atoms. The number of carboxylic acid groups (broad SMARTS) is 1. The van der Waals surface area contributed by atoms with Crippen molar-refractivity contribution in [3.05, 3.63) is 29.3 Å². The van der Waals surface area contributed by atoms with Crippen molar-refractivity contribution in [1.82, 2.24) is 4.90 Å². The molecule has 0 radical (unpaired) electrons. The molecule has 4 aliphatic rings. The van der Waals surface area contributed by atoms with Gasteiger partial charge in [0.15, 0.2) is 6.10 Å². The third kappa shape index (κ3) is 3.27. The maximum atomic E-state index is 11.4. The lowest BCUT2D eigenvalue weighted by molar-refractivity contribution is -0.271. The van der Waals surface area contributed by atoms with E-state index >= 15 is 0 Å². The normalized spacial score (nSPS) is 42.4. The molecule has 1 aromatic carbocycles. The molecule has 0 amide bonds. The van der Waals surface area contributed by atoms with E-state index < -0.39 is 36.7 Å². The summed E-state index contributed by atoms with van der Waals surface area (Å²) in [6.45, 7) is 1.07. The second-order valence-corrected chi connectivity index (χ2v) is 9.68. The Morgan fingerprint density at radius 3 is 2.74 bits per heavy atom. The largest absolute Gasteiger partial charge is 0.479 e. The molecule has 0 unspecified atom stereocenters. The third-order valence-corrected chi connectivity index (χ3v) is 8.15. The molecule has 8 atom stereocenters. The van der Waals surface area contributed by atoms with E-state index in [4.69, 9.17) is 9.47 Å². The number of fused-ring (bicyclic) bond motifs is 1. The number of likely N-dealkylation sites (N-methyl/N-ethyl adjacent to an activating group) is 1. The van der Waals surface area contributed by atoms with Crippen LogP contribution in [0.1, 0.15) is 43.2 Å². The molecule has 1 aromatic rings. The summed E-state index contributed by atoms with van der Waals surface area (Å²) in [7, 11) is 2.23. The van der Waals surface area contributed by atoms with Crippen molar-refractivity contribution in [2.45, 2.75) is 80.7 Å². The summed E-state index contributed by atoms with van der Waals surface area (Å²) in [6.07, 6.45) is -1.03. The minimum Gasteiger partial charge on any atom is -0.479 e. The first kappa shape index (κ1) is 21.2. The lowest BCUT2D eigenvalue weighted by atomic mass is 9.52. The van der Waals surface area contributed by atoms with Crippen molar-refractivity contribution in [1.29, 1.82) is 0 Å². The van der Waals surface area contributed by atoms with Gasteiger partial charge in [0.05, 0.1) is 0 Å². The average molecular weight is 434 g/mol. The second-order valence-electron chi connectivity index (χ2n) is 9.68. The highest BCUT2D eigenvalue weighted by Crippen LogP contribution is 2.56. The molecule has 8 nitrogen and oxygen atoms in total. The van der Waals surface area contributed by atoms with Gasteiger partial charge in [0.25, 0.3) is 0 Å². The van der Waals surface area contributed by atoms with Gasteiger partial charge in [-0.05, 0) is 68.5 Å². The Bertz CT molecular complexity index is 862. The van der Waals surface area contributed by atoms with Crippen molar-refractivity contribution in [3.63, 3.8) is 0 Å². The second kappa shape index (κ2) is 7.71. The molecule has 5 rings (SSSR count). The predicted octanol–water partition coefficient (Wildman–Crippen LogP) is 0.646. The minimum atomic E-state index is -1.73. The summed E-state index contributed by atoms with van der Waals surface area (Å²) in [6, 6.07) is 6.47. The third-order valence-electron chi connectivity index (χ3n) is 8.15. The van der Waals surface area contributed by atoms with Crippen molar-refractivity contribution in [3.8, 4) is 5.75 Å². The van der Waals surface area contributed by atoms with Crippen LogP contribution >= 0.6 is 0 Å². The highest BCUT2D eigenvalue weighted by atomic mass is 16.7. The SMILES string of the molecule is CN1CC[C@]23CCCC[C@@H]2[C@@H]1Cc1ccc(O[C@@H]2O[C@H](C(=O)O)[C@@H](O)[C@H](O)[C@H]2O)cc13. The van der Waals surface area contributed by atoms with Gasteiger partial charge in [-0.15, -0.1) is 0 Å². The number of nitrogens with zero attached hydrogens (tertiary/aromatic N) is 1. The average Bonchev–Trinajstić information content (AvgIpc) is 2.76. The van der Waals surface area contributed by atoms with E-state index in [1.165, 1.54) is 30.4 Å². The highest BCUT2D eigenvalue weighted by Gasteiger charge is 2.53. The van der Waals surface area contributed by atoms with Crippen LogP contribution in [-0.4, -0.2) is 81.6 Å². The quantitative estimate of drug-likeness (QED) is 0.549. The molecule has 0 aromatic heterocycles. The molecule has 4 N–H and O–H groups in total. The zero-order valence-corrected chi connectivity index (χ0v) is 17.7. The van der Waals surface area contributed by atoms with Crippen LogP contribution in [0.2, 0.25) is 0 Å². The van der Waals surface area contributed by atoms with E-state index in [0.717, 1.165) is 25.8 Å². The number of carbonyl (C=O) groups is 1. The summed E-state index contributed by atoms with van der Waals surface area (Å²) in [5.74, 6) is -0.321. The lowest BCUT2D eigenvalue weighted by Gasteiger charge is -2.58. The van der Waals surface area contributed by atoms with Gasteiger partial charge in [-0.2, -0.15) is 0 Å². The van der Waals surface area contributed by atoms with E-state index in [1.807, 2.05) is 12.1 Å². The van der Waals surface area contributed by atoms with Gasteiger partial charge < -0.3 is 34.8 Å². The predicted molar refractivity (Wildman–Crippen MR) is 110 cm³/mol. The monoisotopic (exact) mass is 433 g/mol. The van der Waals surface area contributed by atoms with Gasteiger partial charge in [-0.1, -0.05) is 18.9 Å². The molecule has 8 heteroatoms. The van der Waals surface area contributed by atoms with E-state index in [2.05, 4.69) is 18.0 Å². The van der Waals surface area contributed by atoms with Crippen LogP contribution < -0.4 is 4.74 Å². The Labute approximate surface area is 181 Å². The summed E-state index contributed by atoms with van der Waals surface area (Å²) < 4.78 is 11.2. The van der Waals surface area contributed by atoms with Gasteiger partial charge in [-0.25, -0.2) is 4.79 Å². The Balaban J connectivity index is 1.45. The molecule has 3 fully saturated rings. The number of benzene rings is 1. The molecule has 2 bridgehead atoms. The number of likely N-dealkylation sites (tertiary alicyclic amines) is 1. The molecule has 2 heterocycles. The lowest BCUT2D eigenvalue weighted by Crippen LogP contribution is -2.61. The summed E-state index contributed by atoms with van der Waals surface area (Å²) in [5.41, 5.74) is 2.76. The number of piperidine rings is 1. The first-order valence-electron chi connectivity index (χ1n) is 11.2. The van der Waals surface area contributed by atoms with Crippen molar-refractivity contribution >= 4 is 5.97 Å². The number of hydrogen-bond acceptors (Lipinski definition) is 7. The van der Waals surface area contributed by atoms with Gasteiger partial charge >= 0.3 is 5.97 Å². The van der Waals surface area contributed by atoms with E-state index in [0.29, 0.717) is 17.7 Å². The van der Waals surface area contributed by atoms with Crippen molar-refractivity contribution in [2.24, 2.45) is 5.92 Å². The van der Waals surface area contributed by atoms with Gasteiger partial charge in [0.1, 0.15) is 24.1 Å². The first-order valence-corrected chi connectivity index (χ1v) is 11.2. The number of ether oxygens (including phenoxy) is 2. The van der Waals surface area contributed by atoms with Gasteiger partial charge in [-0.3, -0.25) is 0 Å². The van der Waals surface area contributed by atoms with Gasteiger partial charge in [0.2, 0.25) is 6.29 Å². The van der Waals surface area contributed by atoms with Crippen LogP contribution in [0.5, 0.6) is 5.75 Å². The summed E-state index contributed by atoms with van der Waals surface area (Å²) >= 11 is 0. The Morgan fingerprint density at radius 2 is 1.97 bits per heavy atom. The molecular formula is C23H31NO7. The molecule has 170 valence electrons. The van der Waals surface area contributed by atoms with Crippen LogP contribution in [0.25, 0.3) is 0 Å². The van der Waals surface area contributed by atoms with Crippen LogP contribution in [-0.2, 0) is 21.4 Å². The molecule has 0 spiro atoms. The number of aliphatic hydroxyl groups excluding tert-OH is 3. The Kier molecular flexibility index (Phi) is 5.26. The standard InChI is InChI=1S/C23H31NO7/c1-24-9-8-23-7-3-2-4-14(23)16(24)10-12-5-6-13(11-15(12)23)30-22-19(27)17(25)18(26)20(31-22)21(28)29/h5-6,11,14,16-20,22,25-27H,2-4,7-10H2,1H3,(H,28,29)/t14-,16+,17+,18+,19-,20+,22-,23-/m1/s1. The molecule has 2 aliphatic carbocycles. The first-order chi connectivity index (χ1) is 14.8. The molecule has 1 saturated carbocycles. The topological polar surface area (TPSA) is 120 Å². The minimum absolute atomic E-state index is 0.133. The Morgan fingerprint density at radius 1 is 1.16 bits per heavy atom. The number of rotatable bonds is 3. The number of carboxylic acids is 1. The van der Waals surface area contributed by atoms with Crippen LogP contribution in [0.3, 0.4) is 0 Å². The number of hydrogen-bond donors (Lipinski definition) is 4. The highest BCUT2D eigenvalue weighted by molar-refractivity contribution is 5.73. The maximum Gasteiger partial charge on any atom is 0.335 e. The summed E-state index contributed by atoms with van der Waals surface area (Å²) in [4.78, 5) is 13.9. The zero-order valence-electron chi connectivity index (χ0n) is 17.7. The molecule has 2 saturated heterocycles. The van der Waals surface area contributed by atoms with Gasteiger partial charge in [0, 0.05) is 11.5 Å².